The van der Waals surface area contributed by atoms with E-state index < -0.39 is 24.2 Å². The first-order chi connectivity index (χ1) is 12.7. The minimum Gasteiger partial charge on any atom is -0.479 e. The molecule has 1 unspecified atom stereocenters. The summed E-state index contributed by atoms with van der Waals surface area (Å²) < 4.78 is 55.9. The first-order valence-corrected chi connectivity index (χ1v) is 8.08. The second-order valence-corrected chi connectivity index (χ2v) is 5.50. The number of aromatic nitrogens is 1. The molecule has 1 aromatic heterocycles. The summed E-state index contributed by atoms with van der Waals surface area (Å²) in [6, 6.07) is 7.06. The third-order valence-electron chi connectivity index (χ3n) is 2.99. The molecule has 0 saturated carbocycles. The largest absolute Gasteiger partial charge is 0.573 e. The molecule has 2 aromatic rings. The molecule has 0 radical (unpaired) electrons. The van der Waals surface area contributed by atoms with E-state index in [-0.39, 0.29) is 17.5 Å². The van der Waals surface area contributed by atoms with Crippen molar-refractivity contribution < 1.29 is 36.9 Å². The van der Waals surface area contributed by atoms with Crippen LogP contribution in [0, 0.1) is 0 Å². The molecule has 6 nitrogen and oxygen atoms in total. The predicted molar refractivity (Wildman–Crippen MR) is 89.2 cm³/mol. The van der Waals surface area contributed by atoms with Gasteiger partial charge in [-0.2, -0.15) is 0 Å². The average molecular weight is 406 g/mol. The molecule has 1 heterocycles. The number of esters is 1. The molecule has 0 spiro atoms. The Hall–Kier alpha value is -2.68. The van der Waals surface area contributed by atoms with Crippen LogP contribution >= 0.6 is 11.6 Å². The summed E-state index contributed by atoms with van der Waals surface area (Å²) >= 11 is 5.86. The molecular formula is C17H15ClF3NO5. The molecule has 0 saturated heterocycles. The van der Waals surface area contributed by atoms with Crippen LogP contribution in [0.3, 0.4) is 0 Å². The third-order valence-corrected chi connectivity index (χ3v) is 3.26. The van der Waals surface area contributed by atoms with Crippen molar-refractivity contribution in [1.82, 2.24) is 4.98 Å². The zero-order chi connectivity index (χ0) is 20.0. The van der Waals surface area contributed by atoms with Gasteiger partial charge < -0.3 is 18.9 Å². The lowest BCUT2D eigenvalue weighted by molar-refractivity contribution is -0.274. The van der Waals surface area contributed by atoms with E-state index in [2.05, 4.69) is 9.72 Å². The highest BCUT2D eigenvalue weighted by Crippen LogP contribution is 2.32. The molecule has 146 valence electrons. The summed E-state index contributed by atoms with van der Waals surface area (Å²) in [6.45, 7) is 3.49. The Labute approximate surface area is 157 Å². The van der Waals surface area contributed by atoms with Crippen molar-refractivity contribution in [2.45, 2.75) is 26.3 Å². The maximum atomic E-state index is 12.2. The maximum Gasteiger partial charge on any atom is 0.573 e. The van der Waals surface area contributed by atoms with Crippen LogP contribution in [0.1, 0.15) is 13.8 Å². The van der Waals surface area contributed by atoms with Crippen LogP contribution in [-0.2, 0) is 9.53 Å². The van der Waals surface area contributed by atoms with Gasteiger partial charge in [0.1, 0.15) is 22.3 Å². The molecule has 0 aliphatic rings. The van der Waals surface area contributed by atoms with Crippen LogP contribution in [-0.4, -0.2) is 30.0 Å². The zero-order valence-electron chi connectivity index (χ0n) is 14.2. The Morgan fingerprint density at radius 1 is 1.19 bits per heavy atom. The molecule has 0 fully saturated rings. The standard InChI is InChI=1S/C17H15ClF3NO5/c1-3-24-16(23)10(2)25-11-4-6-12(7-5-11)26-15-14(18)8-13(9-22-15)27-17(19,20)21/h4-10H,3H2,1-2H3. The predicted octanol–water partition coefficient (Wildman–Crippen LogP) is 4.76. The quantitative estimate of drug-likeness (QED) is 0.619. The van der Waals surface area contributed by atoms with Gasteiger partial charge in [-0.1, -0.05) is 11.6 Å². The van der Waals surface area contributed by atoms with E-state index in [9.17, 15) is 18.0 Å². The number of nitrogens with zero attached hydrogens (tertiary/aromatic N) is 1. The highest BCUT2D eigenvalue weighted by molar-refractivity contribution is 6.32. The average Bonchev–Trinajstić information content (AvgIpc) is 2.57. The summed E-state index contributed by atoms with van der Waals surface area (Å²) in [5, 5.41) is -0.159. The maximum absolute atomic E-state index is 12.2. The van der Waals surface area contributed by atoms with Gasteiger partial charge in [-0.05, 0) is 38.1 Å². The molecule has 27 heavy (non-hydrogen) atoms. The van der Waals surface area contributed by atoms with Crippen molar-refractivity contribution in [2.24, 2.45) is 0 Å². The van der Waals surface area contributed by atoms with Crippen LogP contribution in [0.15, 0.2) is 36.5 Å². The van der Waals surface area contributed by atoms with E-state index in [1.54, 1.807) is 26.0 Å². The Bertz CT molecular complexity index is 783. The fourth-order valence-electron chi connectivity index (χ4n) is 1.88. The van der Waals surface area contributed by atoms with Crippen molar-refractivity contribution >= 4 is 17.6 Å². The molecular weight excluding hydrogens is 391 g/mol. The topological polar surface area (TPSA) is 66.9 Å². The summed E-state index contributed by atoms with van der Waals surface area (Å²) in [5.41, 5.74) is 0. The van der Waals surface area contributed by atoms with Gasteiger partial charge in [0.05, 0.1) is 12.8 Å². The van der Waals surface area contributed by atoms with Crippen LogP contribution < -0.4 is 14.2 Å². The van der Waals surface area contributed by atoms with E-state index in [4.69, 9.17) is 25.8 Å². The summed E-state index contributed by atoms with van der Waals surface area (Å²) in [4.78, 5) is 15.2. The number of carbonyl (C=O) groups is 1. The number of hydrogen-bond acceptors (Lipinski definition) is 6. The van der Waals surface area contributed by atoms with Gasteiger partial charge >= 0.3 is 12.3 Å². The number of rotatable bonds is 7. The molecule has 1 atom stereocenters. The van der Waals surface area contributed by atoms with Crippen molar-refractivity contribution in [3.8, 4) is 23.1 Å². The lowest BCUT2D eigenvalue weighted by Gasteiger charge is -2.14. The van der Waals surface area contributed by atoms with Gasteiger partial charge in [-0.3, -0.25) is 0 Å². The highest BCUT2D eigenvalue weighted by atomic mass is 35.5. The van der Waals surface area contributed by atoms with Gasteiger partial charge in [0.25, 0.3) is 0 Å². The number of pyridine rings is 1. The van der Waals surface area contributed by atoms with Crippen molar-refractivity contribution in [2.75, 3.05) is 6.61 Å². The van der Waals surface area contributed by atoms with Crippen LogP contribution in [0.4, 0.5) is 13.2 Å². The van der Waals surface area contributed by atoms with Crippen molar-refractivity contribution in [1.29, 1.82) is 0 Å². The Morgan fingerprint density at radius 3 is 2.37 bits per heavy atom. The van der Waals surface area contributed by atoms with E-state index in [0.717, 1.165) is 12.3 Å². The van der Waals surface area contributed by atoms with Crippen molar-refractivity contribution in [3.05, 3.63) is 41.6 Å². The molecule has 0 N–H and O–H groups in total. The fraction of sp³-hybridized carbons (Fsp3) is 0.294. The Balaban J connectivity index is 2.01. The Morgan fingerprint density at radius 2 is 1.81 bits per heavy atom. The van der Waals surface area contributed by atoms with E-state index >= 15 is 0 Å². The fourth-order valence-corrected chi connectivity index (χ4v) is 2.08. The second kappa shape index (κ2) is 8.81. The smallest absolute Gasteiger partial charge is 0.479 e. The number of halogens is 4. The van der Waals surface area contributed by atoms with Gasteiger partial charge in [-0.25, -0.2) is 9.78 Å². The lowest BCUT2D eigenvalue weighted by Crippen LogP contribution is -2.25. The number of alkyl halides is 3. The Kier molecular flexibility index (Phi) is 6.73. The van der Waals surface area contributed by atoms with E-state index in [1.807, 2.05) is 0 Å². The molecule has 0 aliphatic carbocycles. The summed E-state index contributed by atoms with van der Waals surface area (Å²) in [5.74, 6) is -0.438. The summed E-state index contributed by atoms with van der Waals surface area (Å²) in [7, 11) is 0. The molecule has 10 heteroatoms. The summed E-state index contributed by atoms with van der Waals surface area (Å²) in [6.07, 6.45) is -4.79. The van der Waals surface area contributed by atoms with Crippen LogP contribution in [0.25, 0.3) is 0 Å². The normalized spacial score (nSPS) is 12.2. The van der Waals surface area contributed by atoms with Gasteiger partial charge in [0, 0.05) is 6.07 Å². The minimum absolute atomic E-state index is 0.0975. The van der Waals surface area contributed by atoms with E-state index in [1.165, 1.54) is 12.1 Å². The van der Waals surface area contributed by atoms with Gasteiger partial charge in [0.15, 0.2) is 6.10 Å². The number of carbonyl (C=O) groups excluding carboxylic acids is 1. The molecule has 2 rings (SSSR count). The first-order valence-electron chi connectivity index (χ1n) is 7.70. The second-order valence-electron chi connectivity index (χ2n) is 5.09. The lowest BCUT2D eigenvalue weighted by atomic mass is 10.3. The molecule has 0 amide bonds. The van der Waals surface area contributed by atoms with Gasteiger partial charge in [0.2, 0.25) is 5.88 Å². The zero-order valence-corrected chi connectivity index (χ0v) is 15.0. The van der Waals surface area contributed by atoms with E-state index in [0.29, 0.717) is 11.5 Å². The van der Waals surface area contributed by atoms with Crippen molar-refractivity contribution in [3.63, 3.8) is 0 Å². The number of ether oxygens (including phenoxy) is 4. The minimum atomic E-state index is -4.84. The van der Waals surface area contributed by atoms with Gasteiger partial charge in [-0.15, -0.1) is 13.2 Å². The number of benzene rings is 1. The molecule has 0 bridgehead atoms. The molecule has 0 aliphatic heterocycles. The highest BCUT2D eigenvalue weighted by Gasteiger charge is 2.31. The van der Waals surface area contributed by atoms with Crippen LogP contribution in [0.5, 0.6) is 23.1 Å². The SMILES string of the molecule is CCOC(=O)C(C)Oc1ccc(Oc2ncc(OC(F)(F)F)cc2Cl)cc1. The monoisotopic (exact) mass is 405 g/mol. The molecule has 1 aromatic carbocycles. The first kappa shape index (κ1) is 20.6. The number of hydrogen-bond donors (Lipinski definition) is 0. The third kappa shape index (κ3) is 6.52. The van der Waals surface area contributed by atoms with Crippen LogP contribution in [0.2, 0.25) is 5.02 Å².